The lowest BCUT2D eigenvalue weighted by atomic mass is 10.2. The number of nitrogens with zero attached hydrogens (tertiary/aromatic N) is 1. The number of dihydropyridines is 1. The van der Waals surface area contributed by atoms with Crippen molar-refractivity contribution in [1.29, 1.82) is 0 Å². The highest BCUT2D eigenvalue weighted by Gasteiger charge is 2.22. The van der Waals surface area contributed by atoms with Gasteiger partial charge in [0.25, 0.3) is 0 Å². The van der Waals surface area contributed by atoms with Crippen LogP contribution in [0.25, 0.3) is 0 Å². The zero-order valence-corrected chi connectivity index (χ0v) is 5.31. The van der Waals surface area contributed by atoms with E-state index in [1.165, 1.54) is 12.5 Å². The smallest absolute Gasteiger partial charge is 0.229 e. The van der Waals surface area contributed by atoms with Gasteiger partial charge in [-0.05, 0) is 12.2 Å². The van der Waals surface area contributed by atoms with E-state index >= 15 is 0 Å². The summed E-state index contributed by atoms with van der Waals surface area (Å²) in [5, 5.41) is 0. The minimum Gasteiger partial charge on any atom is -0.485 e. The van der Waals surface area contributed by atoms with Crippen LogP contribution in [0.4, 0.5) is 0 Å². The van der Waals surface area contributed by atoms with Crippen LogP contribution < -0.4 is 0 Å². The summed E-state index contributed by atoms with van der Waals surface area (Å²) in [6, 6.07) is 0. The Morgan fingerprint density at radius 3 is 3.00 bits per heavy atom. The average Bonchev–Trinajstić information content (AvgIpc) is 2.05. The van der Waals surface area contributed by atoms with E-state index in [9.17, 15) is 0 Å². The van der Waals surface area contributed by atoms with Crippen molar-refractivity contribution < 1.29 is 9.47 Å². The predicted octanol–water partition coefficient (Wildman–Crippen LogP) is 0.840. The van der Waals surface area contributed by atoms with Crippen molar-refractivity contribution >= 4 is 6.21 Å². The monoisotopic (exact) mass is 137 g/mol. The number of aliphatic imine (C=N–C) groups is 1. The standard InChI is InChI=1S/C7H7NO2/c1-2-6-7(8-3-1)10-5-4-9-6/h1-7H. The minimum atomic E-state index is -0.171. The van der Waals surface area contributed by atoms with E-state index in [4.69, 9.17) is 9.47 Å². The highest BCUT2D eigenvalue weighted by molar-refractivity contribution is 5.72. The molecule has 3 nitrogen and oxygen atoms in total. The maximum atomic E-state index is 5.18. The van der Waals surface area contributed by atoms with Crippen LogP contribution in [0.3, 0.4) is 0 Å². The molecule has 0 saturated carbocycles. The number of rotatable bonds is 0. The zero-order chi connectivity index (χ0) is 6.81. The van der Waals surface area contributed by atoms with Gasteiger partial charge in [0.15, 0.2) is 6.10 Å². The molecule has 0 aromatic heterocycles. The number of ether oxygens (including phenoxy) is 2. The Balaban J connectivity index is 2.19. The fraction of sp³-hybridized carbons (Fsp3) is 0.286. The molecule has 0 fully saturated rings. The molecule has 2 aliphatic heterocycles. The average molecular weight is 137 g/mol. The Morgan fingerprint density at radius 2 is 2.10 bits per heavy atom. The maximum absolute atomic E-state index is 5.18. The molecule has 0 aromatic rings. The first-order chi connectivity index (χ1) is 4.97. The van der Waals surface area contributed by atoms with Crippen molar-refractivity contribution in [2.45, 2.75) is 12.3 Å². The number of fused-ring (bicyclic) bond motifs is 1. The van der Waals surface area contributed by atoms with Gasteiger partial charge in [0.2, 0.25) is 6.23 Å². The van der Waals surface area contributed by atoms with Gasteiger partial charge in [-0.15, -0.1) is 0 Å². The first-order valence-electron chi connectivity index (χ1n) is 3.13. The summed E-state index contributed by atoms with van der Waals surface area (Å²) in [6.45, 7) is 0. The summed E-state index contributed by atoms with van der Waals surface area (Å²) in [4.78, 5) is 4.04. The Bertz CT molecular complexity index is 186. The molecule has 0 N–H and O–H groups in total. The van der Waals surface area contributed by atoms with E-state index in [1.807, 2.05) is 12.2 Å². The van der Waals surface area contributed by atoms with Crippen molar-refractivity contribution in [3.05, 3.63) is 24.7 Å². The largest absolute Gasteiger partial charge is 0.485 e. The molecule has 2 atom stereocenters. The van der Waals surface area contributed by atoms with Crippen LogP contribution >= 0.6 is 0 Å². The van der Waals surface area contributed by atoms with Crippen LogP contribution in [-0.2, 0) is 9.47 Å². The van der Waals surface area contributed by atoms with Crippen LogP contribution in [0, 0.1) is 0 Å². The minimum absolute atomic E-state index is 0.0324. The first-order valence-corrected chi connectivity index (χ1v) is 3.13. The Kier molecular flexibility index (Phi) is 1.20. The summed E-state index contributed by atoms with van der Waals surface area (Å²) < 4.78 is 10.3. The lowest BCUT2D eigenvalue weighted by Gasteiger charge is -2.24. The van der Waals surface area contributed by atoms with Crippen LogP contribution in [-0.4, -0.2) is 18.5 Å². The second-order valence-electron chi connectivity index (χ2n) is 2.08. The van der Waals surface area contributed by atoms with Gasteiger partial charge >= 0.3 is 0 Å². The summed E-state index contributed by atoms with van der Waals surface area (Å²) in [5.74, 6) is 0. The van der Waals surface area contributed by atoms with Gasteiger partial charge in [-0.1, -0.05) is 0 Å². The molecule has 2 heterocycles. The fourth-order valence-electron chi connectivity index (χ4n) is 0.934. The summed E-state index contributed by atoms with van der Waals surface area (Å²) >= 11 is 0. The molecular weight excluding hydrogens is 130 g/mol. The van der Waals surface area contributed by atoms with Gasteiger partial charge < -0.3 is 9.47 Å². The molecule has 0 amide bonds. The maximum Gasteiger partial charge on any atom is 0.229 e. The van der Waals surface area contributed by atoms with E-state index in [1.54, 1.807) is 6.21 Å². The van der Waals surface area contributed by atoms with Crippen molar-refractivity contribution in [2.24, 2.45) is 4.99 Å². The van der Waals surface area contributed by atoms with Crippen LogP contribution in [0.5, 0.6) is 0 Å². The fourth-order valence-corrected chi connectivity index (χ4v) is 0.934. The third-order valence-electron chi connectivity index (χ3n) is 1.41. The molecule has 2 unspecified atom stereocenters. The van der Waals surface area contributed by atoms with Crippen molar-refractivity contribution in [2.75, 3.05) is 0 Å². The highest BCUT2D eigenvalue weighted by atomic mass is 16.6. The molecule has 0 saturated heterocycles. The summed E-state index contributed by atoms with van der Waals surface area (Å²) in [7, 11) is 0. The second kappa shape index (κ2) is 2.17. The first kappa shape index (κ1) is 5.53. The lowest BCUT2D eigenvalue weighted by Crippen LogP contribution is -2.29. The molecule has 2 rings (SSSR count). The second-order valence-corrected chi connectivity index (χ2v) is 2.08. The molecule has 2 aliphatic rings. The third-order valence-corrected chi connectivity index (χ3v) is 1.41. The van der Waals surface area contributed by atoms with Gasteiger partial charge in [0, 0.05) is 6.21 Å². The molecule has 0 aromatic carbocycles. The van der Waals surface area contributed by atoms with Gasteiger partial charge in [-0.3, -0.25) is 0 Å². The Hall–Kier alpha value is -1.25. The van der Waals surface area contributed by atoms with Crippen LogP contribution in [0.1, 0.15) is 0 Å². The molecule has 0 bridgehead atoms. The van der Waals surface area contributed by atoms with E-state index in [-0.39, 0.29) is 12.3 Å². The SMILES string of the molecule is C1=CC2OC=COC2N=C1. The van der Waals surface area contributed by atoms with Crippen molar-refractivity contribution in [1.82, 2.24) is 0 Å². The molecule has 0 aliphatic carbocycles. The molecule has 3 heteroatoms. The number of allylic oxidation sites excluding steroid dienone is 1. The van der Waals surface area contributed by atoms with E-state index in [2.05, 4.69) is 4.99 Å². The zero-order valence-electron chi connectivity index (χ0n) is 5.31. The normalized spacial score (nSPS) is 34.4. The van der Waals surface area contributed by atoms with Crippen LogP contribution in [0.2, 0.25) is 0 Å². The molecule has 0 spiro atoms. The Morgan fingerprint density at radius 1 is 1.20 bits per heavy atom. The van der Waals surface area contributed by atoms with Gasteiger partial charge in [0.1, 0.15) is 12.5 Å². The van der Waals surface area contributed by atoms with Gasteiger partial charge in [0.05, 0.1) is 0 Å². The topological polar surface area (TPSA) is 30.8 Å². The van der Waals surface area contributed by atoms with Gasteiger partial charge in [-0.2, -0.15) is 0 Å². The van der Waals surface area contributed by atoms with E-state index in [0.717, 1.165) is 0 Å². The van der Waals surface area contributed by atoms with Crippen LogP contribution in [0.15, 0.2) is 29.7 Å². The van der Waals surface area contributed by atoms with E-state index in [0.29, 0.717) is 0 Å². The third kappa shape index (κ3) is 0.795. The molecule has 10 heavy (non-hydrogen) atoms. The predicted molar refractivity (Wildman–Crippen MR) is 36.5 cm³/mol. The van der Waals surface area contributed by atoms with Crippen molar-refractivity contribution in [3.63, 3.8) is 0 Å². The summed E-state index contributed by atoms with van der Waals surface area (Å²) in [6.07, 6.45) is 8.32. The quantitative estimate of drug-likeness (QED) is 0.495. The van der Waals surface area contributed by atoms with E-state index < -0.39 is 0 Å². The molecule has 0 radical (unpaired) electrons. The van der Waals surface area contributed by atoms with Gasteiger partial charge in [-0.25, -0.2) is 4.99 Å². The highest BCUT2D eigenvalue weighted by Crippen LogP contribution is 2.15. The number of hydrogen-bond acceptors (Lipinski definition) is 3. The Labute approximate surface area is 58.7 Å². The molecule has 52 valence electrons. The molecular formula is C7H7NO2. The van der Waals surface area contributed by atoms with Crippen molar-refractivity contribution in [3.8, 4) is 0 Å². The summed E-state index contributed by atoms with van der Waals surface area (Å²) in [5.41, 5.74) is 0. The lowest BCUT2D eigenvalue weighted by molar-refractivity contribution is -0.00263. The number of hydrogen-bond donors (Lipinski definition) is 0.